The highest BCUT2D eigenvalue weighted by Gasteiger charge is 2.34. The number of hydrogen-bond donors (Lipinski definition) is 1. The lowest BCUT2D eigenvalue weighted by molar-refractivity contribution is 0.153. The van der Waals surface area contributed by atoms with Crippen LogP contribution < -0.4 is 5.73 Å². The Labute approximate surface area is 118 Å². The van der Waals surface area contributed by atoms with Crippen molar-refractivity contribution in [1.82, 2.24) is 0 Å². The Morgan fingerprint density at radius 3 is 2.37 bits per heavy atom. The van der Waals surface area contributed by atoms with E-state index in [1.165, 1.54) is 48.8 Å². The first-order chi connectivity index (χ1) is 8.96. The van der Waals surface area contributed by atoms with Crippen LogP contribution in [0.5, 0.6) is 0 Å². The van der Waals surface area contributed by atoms with Crippen molar-refractivity contribution in [3.05, 3.63) is 34.4 Å². The third kappa shape index (κ3) is 3.20. The van der Waals surface area contributed by atoms with E-state index in [1.54, 1.807) is 5.56 Å². The fourth-order valence-electron chi connectivity index (χ4n) is 4.05. The molecule has 0 spiro atoms. The lowest BCUT2D eigenvalue weighted by Crippen LogP contribution is -2.37. The molecule has 0 heterocycles. The summed E-state index contributed by atoms with van der Waals surface area (Å²) in [6.07, 6.45) is 6.51. The zero-order chi connectivity index (χ0) is 14.0. The van der Waals surface area contributed by atoms with Crippen LogP contribution in [0.15, 0.2) is 12.1 Å². The van der Waals surface area contributed by atoms with E-state index in [-0.39, 0.29) is 0 Å². The topological polar surface area (TPSA) is 26.0 Å². The van der Waals surface area contributed by atoms with Crippen molar-refractivity contribution in [2.75, 3.05) is 6.54 Å². The standard InChI is InChI=1S/C18H29N/c1-13-6-5-7-18(10-13,12-19)11-17-15(3)8-14(2)9-16(17)4/h8-9,13H,5-7,10-12,19H2,1-4H3. The summed E-state index contributed by atoms with van der Waals surface area (Å²) in [7, 11) is 0. The Morgan fingerprint density at radius 2 is 1.84 bits per heavy atom. The van der Waals surface area contributed by atoms with Crippen molar-refractivity contribution < 1.29 is 0 Å². The summed E-state index contributed by atoms with van der Waals surface area (Å²) in [5, 5.41) is 0. The zero-order valence-corrected chi connectivity index (χ0v) is 13.1. The number of rotatable bonds is 3. The van der Waals surface area contributed by atoms with Crippen LogP contribution in [0.1, 0.15) is 54.9 Å². The minimum absolute atomic E-state index is 0.350. The number of nitrogens with two attached hydrogens (primary N) is 1. The molecule has 1 saturated carbocycles. The van der Waals surface area contributed by atoms with E-state index in [0.29, 0.717) is 5.41 Å². The van der Waals surface area contributed by atoms with Gasteiger partial charge in [0.2, 0.25) is 0 Å². The smallest absolute Gasteiger partial charge is 0.00172 e. The summed E-state index contributed by atoms with van der Waals surface area (Å²) < 4.78 is 0. The van der Waals surface area contributed by atoms with Crippen molar-refractivity contribution in [2.24, 2.45) is 17.1 Å². The minimum atomic E-state index is 0.350. The van der Waals surface area contributed by atoms with Gasteiger partial charge in [0.1, 0.15) is 0 Å². The van der Waals surface area contributed by atoms with Gasteiger partial charge in [0, 0.05) is 0 Å². The quantitative estimate of drug-likeness (QED) is 0.860. The molecule has 19 heavy (non-hydrogen) atoms. The minimum Gasteiger partial charge on any atom is -0.330 e. The van der Waals surface area contributed by atoms with Gasteiger partial charge in [-0.1, -0.05) is 37.5 Å². The van der Waals surface area contributed by atoms with Crippen LogP contribution in [-0.4, -0.2) is 6.54 Å². The van der Waals surface area contributed by atoms with E-state index in [4.69, 9.17) is 5.73 Å². The van der Waals surface area contributed by atoms with Crippen molar-refractivity contribution in [3.8, 4) is 0 Å². The molecule has 0 aromatic heterocycles. The molecule has 1 aliphatic carbocycles. The Kier molecular flexibility index (Phi) is 4.35. The fourth-order valence-corrected chi connectivity index (χ4v) is 4.05. The molecule has 2 atom stereocenters. The molecule has 0 aliphatic heterocycles. The summed E-state index contributed by atoms with van der Waals surface area (Å²) in [6.45, 7) is 9.92. The van der Waals surface area contributed by atoms with Crippen molar-refractivity contribution >= 4 is 0 Å². The molecular formula is C18H29N. The first-order valence-electron chi connectivity index (χ1n) is 7.72. The van der Waals surface area contributed by atoms with Gasteiger partial charge in [-0.15, -0.1) is 0 Å². The van der Waals surface area contributed by atoms with Crippen molar-refractivity contribution in [1.29, 1.82) is 0 Å². The molecule has 2 N–H and O–H groups in total. The van der Waals surface area contributed by atoms with Crippen molar-refractivity contribution in [2.45, 2.75) is 59.8 Å². The zero-order valence-electron chi connectivity index (χ0n) is 13.1. The lowest BCUT2D eigenvalue weighted by Gasteiger charge is -2.40. The lowest BCUT2D eigenvalue weighted by atomic mass is 9.66. The average molecular weight is 259 g/mol. The van der Waals surface area contributed by atoms with E-state index < -0.39 is 0 Å². The first-order valence-corrected chi connectivity index (χ1v) is 7.72. The molecule has 1 nitrogen and oxygen atoms in total. The molecule has 2 rings (SSSR count). The monoisotopic (exact) mass is 259 g/mol. The predicted molar refractivity (Wildman–Crippen MR) is 83.5 cm³/mol. The van der Waals surface area contributed by atoms with Gasteiger partial charge in [0.25, 0.3) is 0 Å². The molecule has 1 aromatic rings. The van der Waals surface area contributed by atoms with Gasteiger partial charge in [-0.2, -0.15) is 0 Å². The van der Waals surface area contributed by atoms with E-state index in [2.05, 4.69) is 39.8 Å². The normalized spacial score (nSPS) is 27.5. The molecular weight excluding hydrogens is 230 g/mol. The molecule has 1 fully saturated rings. The molecule has 106 valence electrons. The van der Waals surface area contributed by atoms with Crippen molar-refractivity contribution in [3.63, 3.8) is 0 Å². The predicted octanol–water partition coefficient (Wildman–Crippen LogP) is 4.31. The van der Waals surface area contributed by atoms with Crippen LogP contribution in [-0.2, 0) is 6.42 Å². The molecule has 0 radical (unpaired) electrons. The highest BCUT2D eigenvalue weighted by atomic mass is 14.6. The van der Waals surface area contributed by atoms with Gasteiger partial charge in [-0.25, -0.2) is 0 Å². The van der Waals surface area contributed by atoms with E-state index in [0.717, 1.165) is 12.5 Å². The second-order valence-corrected chi connectivity index (χ2v) is 6.96. The Balaban J connectivity index is 2.28. The van der Waals surface area contributed by atoms with Gasteiger partial charge in [0.15, 0.2) is 0 Å². The summed E-state index contributed by atoms with van der Waals surface area (Å²) >= 11 is 0. The molecule has 0 amide bonds. The first kappa shape index (κ1) is 14.6. The SMILES string of the molecule is Cc1cc(C)c(CC2(CN)CCCC(C)C2)c(C)c1. The van der Waals surface area contributed by atoms with Crippen LogP contribution in [0, 0.1) is 32.1 Å². The van der Waals surface area contributed by atoms with Crippen LogP contribution >= 0.6 is 0 Å². The van der Waals surface area contributed by atoms with Gasteiger partial charge < -0.3 is 5.73 Å². The second kappa shape index (κ2) is 5.66. The maximum Gasteiger partial charge on any atom is -0.00172 e. The second-order valence-electron chi connectivity index (χ2n) is 6.96. The van der Waals surface area contributed by atoms with Crippen LogP contribution in [0.25, 0.3) is 0 Å². The average Bonchev–Trinajstić information content (AvgIpc) is 2.34. The molecule has 0 saturated heterocycles. The highest BCUT2D eigenvalue weighted by molar-refractivity contribution is 5.38. The molecule has 1 aromatic carbocycles. The van der Waals surface area contributed by atoms with E-state index in [1.807, 2.05) is 0 Å². The van der Waals surface area contributed by atoms with Gasteiger partial charge in [-0.05, 0) is 74.6 Å². The van der Waals surface area contributed by atoms with Crippen LogP contribution in [0.2, 0.25) is 0 Å². The summed E-state index contributed by atoms with van der Waals surface area (Å²) in [5.74, 6) is 0.836. The Bertz CT molecular complexity index is 426. The third-order valence-corrected chi connectivity index (χ3v) is 5.01. The van der Waals surface area contributed by atoms with Gasteiger partial charge >= 0.3 is 0 Å². The van der Waals surface area contributed by atoms with Crippen LogP contribution in [0.4, 0.5) is 0 Å². The number of benzene rings is 1. The summed E-state index contributed by atoms with van der Waals surface area (Å²) in [4.78, 5) is 0. The van der Waals surface area contributed by atoms with Gasteiger partial charge in [-0.3, -0.25) is 0 Å². The fraction of sp³-hybridized carbons (Fsp3) is 0.667. The Morgan fingerprint density at radius 1 is 1.21 bits per heavy atom. The van der Waals surface area contributed by atoms with Crippen LogP contribution in [0.3, 0.4) is 0 Å². The largest absolute Gasteiger partial charge is 0.330 e. The molecule has 2 unspecified atom stereocenters. The third-order valence-electron chi connectivity index (χ3n) is 5.01. The highest BCUT2D eigenvalue weighted by Crippen LogP contribution is 2.42. The number of hydrogen-bond acceptors (Lipinski definition) is 1. The summed E-state index contributed by atoms with van der Waals surface area (Å²) in [5.41, 5.74) is 12.3. The molecule has 1 aliphatic rings. The maximum absolute atomic E-state index is 6.18. The number of aryl methyl sites for hydroxylation is 3. The van der Waals surface area contributed by atoms with E-state index in [9.17, 15) is 0 Å². The van der Waals surface area contributed by atoms with E-state index >= 15 is 0 Å². The Hall–Kier alpha value is -0.820. The maximum atomic E-state index is 6.18. The molecule has 0 bridgehead atoms. The van der Waals surface area contributed by atoms with Gasteiger partial charge in [0.05, 0.1) is 0 Å². The molecule has 1 heteroatoms. The summed E-state index contributed by atoms with van der Waals surface area (Å²) in [6, 6.07) is 4.64.